The summed E-state index contributed by atoms with van der Waals surface area (Å²) in [5, 5.41) is 8.01. The van der Waals surface area contributed by atoms with Gasteiger partial charge in [-0.05, 0) is 36.8 Å². The van der Waals surface area contributed by atoms with Crippen LogP contribution in [0.4, 0.5) is 15.9 Å². The standard InChI is InChI=1S/C26H23FN6O5/c1-38-20-11-14(27)5-6-16(20)24-28-10-9-21(31-24)29-12-23(35)30-18-4-2-3-15-17(18)13-33(26(15)37)19-7-8-22(34)32-25(19)36/h2-6,9-11,19H,7-8,12-13H2,1H3,(H,30,35)(H,28,29,31)(H,32,34,36). The largest absolute Gasteiger partial charge is 0.496 e. The molecule has 0 bridgehead atoms. The van der Waals surface area contributed by atoms with E-state index in [1.54, 1.807) is 24.3 Å². The van der Waals surface area contributed by atoms with Gasteiger partial charge in [0.05, 0.1) is 19.2 Å². The number of carbonyl (C=O) groups is 4. The molecule has 0 radical (unpaired) electrons. The van der Waals surface area contributed by atoms with Crippen molar-refractivity contribution in [3.8, 4) is 17.1 Å². The lowest BCUT2D eigenvalue weighted by Crippen LogP contribution is -2.52. The zero-order valence-electron chi connectivity index (χ0n) is 20.3. The maximum Gasteiger partial charge on any atom is 0.255 e. The zero-order valence-corrected chi connectivity index (χ0v) is 20.3. The Kier molecular flexibility index (Phi) is 6.69. The zero-order chi connectivity index (χ0) is 26.8. The number of nitrogens with zero attached hydrogens (tertiary/aromatic N) is 3. The first-order valence-electron chi connectivity index (χ1n) is 11.8. The van der Waals surface area contributed by atoms with Crippen molar-refractivity contribution in [2.75, 3.05) is 24.3 Å². The molecular formula is C26H23FN6O5. The van der Waals surface area contributed by atoms with Gasteiger partial charge in [-0.25, -0.2) is 14.4 Å². The number of rotatable bonds is 7. The van der Waals surface area contributed by atoms with Crippen molar-refractivity contribution in [2.45, 2.75) is 25.4 Å². The first-order chi connectivity index (χ1) is 18.3. The number of hydrogen-bond acceptors (Lipinski definition) is 8. The van der Waals surface area contributed by atoms with Crippen LogP contribution in [0.25, 0.3) is 11.4 Å². The second-order valence-electron chi connectivity index (χ2n) is 8.74. The number of piperidine rings is 1. The molecule has 0 saturated carbocycles. The summed E-state index contributed by atoms with van der Waals surface area (Å²) in [6.07, 6.45) is 1.91. The van der Waals surface area contributed by atoms with Crippen LogP contribution in [0, 0.1) is 5.82 Å². The van der Waals surface area contributed by atoms with Crippen molar-refractivity contribution >= 4 is 35.1 Å². The van der Waals surface area contributed by atoms with E-state index < -0.39 is 17.8 Å². The van der Waals surface area contributed by atoms with Gasteiger partial charge in [-0.3, -0.25) is 24.5 Å². The predicted molar refractivity (Wildman–Crippen MR) is 134 cm³/mol. The third kappa shape index (κ3) is 4.88. The first-order valence-corrected chi connectivity index (χ1v) is 11.8. The van der Waals surface area contributed by atoms with Crippen LogP contribution in [0.1, 0.15) is 28.8 Å². The number of methoxy groups -OCH3 is 1. The molecule has 3 heterocycles. The lowest BCUT2D eigenvalue weighted by Gasteiger charge is -2.29. The fraction of sp³-hybridized carbons (Fsp3) is 0.231. The average molecular weight is 519 g/mol. The van der Waals surface area contributed by atoms with E-state index in [0.29, 0.717) is 34.0 Å². The van der Waals surface area contributed by atoms with E-state index in [1.807, 2.05) is 0 Å². The van der Waals surface area contributed by atoms with Crippen molar-refractivity contribution in [3.63, 3.8) is 0 Å². The molecule has 11 nitrogen and oxygen atoms in total. The molecule has 1 aromatic heterocycles. The number of aromatic nitrogens is 2. The molecule has 5 rings (SSSR count). The third-order valence-corrected chi connectivity index (χ3v) is 6.35. The lowest BCUT2D eigenvalue weighted by atomic mass is 10.0. The van der Waals surface area contributed by atoms with E-state index in [-0.39, 0.29) is 49.4 Å². The molecule has 2 aromatic carbocycles. The number of carbonyl (C=O) groups excluding carboxylic acids is 4. The fourth-order valence-corrected chi connectivity index (χ4v) is 4.50. The van der Waals surface area contributed by atoms with Crippen LogP contribution in [0.3, 0.4) is 0 Å². The van der Waals surface area contributed by atoms with Gasteiger partial charge in [-0.2, -0.15) is 0 Å². The molecule has 1 atom stereocenters. The summed E-state index contributed by atoms with van der Waals surface area (Å²) in [5.74, 6) is -1.08. The predicted octanol–water partition coefficient (Wildman–Crippen LogP) is 2.10. The molecule has 194 valence electrons. The number of fused-ring (bicyclic) bond motifs is 1. The minimum absolute atomic E-state index is 0.133. The molecule has 1 saturated heterocycles. The molecule has 1 unspecified atom stereocenters. The number of nitrogens with one attached hydrogen (secondary N) is 3. The maximum absolute atomic E-state index is 13.5. The average Bonchev–Trinajstić information content (AvgIpc) is 3.24. The molecular weight excluding hydrogens is 495 g/mol. The van der Waals surface area contributed by atoms with Gasteiger partial charge in [-0.15, -0.1) is 0 Å². The van der Waals surface area contributed by atoms with Crippen molar-refractivity contribution < 1.29 is 28.3 Å². The number of hydrogen-bond donors (Lipinski definition) is 3. The number of ether oxygens (including phenoxy) is 1. The molecule has 0 aliphatic carbocycles. The van der Waals surface area contributed by atoms with Gasteiger partial charge in [0.1, 0.15) is 23.4 Å². The van der Waals surface area contributed by atoms with Crippen LogP contribution in [0.15, 0.2) is 48.7 Å². The highest BCUT2D eigenvalue weighted by Crippen LogP contribution is 2.32. The van der Waals surface area contributed by atoms with E-state index in [2.05, 4.69) is 25.9 Å². The highest BCUT2D eigenvalue weighted by molar-refractivity contribution is 6.07. The Morgan fingerprint density at radius 1 is 1.18 bits per heavy atom. The Morgan fingerprint density at radius 3 is 2.82 bits per heavy atom. The van der Waals surface area contributed by atoms with Crippen molar-refractivity contribution in [3.05, 3.63) is 65.6 Å². The first kappa shape index (κ1) is 24.8. The molecule has 4 amide bonds. The van der Waals surface area contributed by atoms with Gasteiger partial charge < -0.3 is 20.3 Å². The smallest absolute Gasteiger partial charge is 0.255 e. The van der Waals surface area contributed by atoms with E-state index in [1.165, 1.54) is 36.4 Å². The minimum atomic E-state index is -0.746. The fourth-order valence-electron chi connectivity index (χ4n) is 4.50. The summed E-state index contributed by atoms with van der Waals surface area (Å²) in [7, 11) is 1.42. The van der Waals surface area contributed by atoms with E-state index >= 15 is 0 Å². The van der Waals surface area contributed by atoms with Gasteiger partial charge in [0.15, 0.2) is 5.82 Å². The maximum atomic E-state index is 13.5. The van der Waals surface area contributed by atoms with Gasteiger partial charge in [-0.1, -0.05) is 6.07 Å². The van der Waals surface area contributed by atoms with E-state index in [0.717, 1.165) is 0 Å². The summed E-state index contributed by atoms with van der Waals surface area (Å²) in [5.41, 5.74) is 1.95. The summed E-state index contributed by atoms with van der Waals surface area (Å²) < 4.78 is 18.8. The molecule has 38 heavy (non-hydrogen) atoms. The summed E-state index contributed by atoms with van der Waals surface area (Å²) in [6, 6.07) is 9.84. The highest BCUT2D eigenvalue weighted by atomic mass is 19.1. The van der Waals surface area contributed by atoms with Crippen molar-refractivity contribution in [1.82, 2.24) is 20.2 Å². The second kappa shape index (κ2) is 10.2. The number of halogens is 1. The molecule has 3 N–H and O–H groups in total. The summed E-state index contributed by atoms with van der Waals surface area (Å²) in [4.78, 5) is 59.5. The number of amides is 4. The van der Waals surface area contributed by atoms with Gasteiger partial charge in [0.2, 0.25) is 17.7 Å². The molecule has 0 spiro atoms. The summed E-state index contributed by atoms with van der Waals surface area (Å²) >= 11 is 0. The lowest BCUT2D eigenvalue weighted by molar-refractivity contribution is -0.137. The van der Waals surface area contributed by atoms with Crippen LogP contribution < -0.4 is 20.7 Å². The Morgan fingerprint density at radius 2 is 2.03 bits per heavy atom. The molecule has 3 aromatic rings. The number of anilines is 2. The quantitative estimate of drug-likeness (QED) is 0.404. The second-order valence-corrected chi connectivity index (χ2v) is 8.74. The van der Waals surface area contributed by atoms with Crippen LogP contribution in [-0.2, 0) is 20.9 Å². The minimum Gasteiger partial charge on any atom is -0.496 e. The monoisotopic (exact) mass is 518 g/mol. The Balaban J connectivity index is 1.26. The van der Waals surface area contributed by atoms with Crippen molar-refractivity contribution in [2.24, 2.45) is 0 Å². The molecule has 12 heteroatoms. The normalized spacial score (nSPS) is 16.6. The van der Waals surface area contributed by atoms with Gasteiger partial charge in [0, 0.05) is 42.0 Å². The van der Waals surface area contributed by atoms with Crippen molar-refractivity contribution in [1.29, 1.82) is 0 Å². The van der Waals surface area contributed by atoms with Crippen LogP contribution in [0.5, 0.6) is 5.75 Å². The topological polar surface area (TPSA) is 143 Å². The van der Waals surface area contributed by atoms with E-state index in [9.17, 15) is 23.6 Å². The summed E-state index contributed by atoms with van der Waals surface area (Å²) in [6.45, 7) is 0.00454. The van der Waals surface area contributed by atoms with Crippen LogP contribution in [-0.4, -0.2) is 58.2 Å². The van der Waals surface area contributed by atoms with Gasteiger partial charge in [0.25, 0.3) is 5.91 Å². The van der Waals surface area contributed by atoms with Crippen LogP contribution >= 0.6 is 0 Å². The van der Waals surface area contributed by atoms with E-state index in [4.69, 9.17) is 4.74 Å². The molecule has 2 aliphatic heterocycles. The third-order valence-electron chi connectivity index (χ3n) is 6.35. The van der Waals surface area contributed by atoms with Gasteiger partial charge >= 0.3 is 0 Å². The number of benzene rings is 2. The molecule has 2 aliphatic rings. The Hall–Kier alpha value is -4.87. The van der Waals surface area contributed by atoms with Crippen LogP contribution in [0.2, 0.25) is 0 Å². The number of imide groups is 1. The SMILES string of the molecule is COc1cc(F)ccc1-c1nccc(NCC(=O)Nc2cccc3c2CN(C2CCC(=O)NC2=O)C3=O)n1. The Labute approximate surface area is 216 Å². The molecule has 1 fully saturated rings. The highest BCUT2D eigenvalue weighted by Gasteiger charge is 2.39. The Bertz CT molecular complexity index is 1460.